The number of hydrazine groups is 1. The fourth-order valence-corrected chi connectivity index (χ4v) is 2.34. The SMILES string of the molecule is CCn1ncc(Br)c1C(NN)C(C)C(C)C. The van der Waals surface area contributed by atoms with Gasteiger partial charge in [0.05, 0.1) is 22.4 Å². The van der Waals surface area contributed by atoms with Crippen LogP contribution in [-0.4, -0.2) is 9.78 Å². The van der Waals surface area contributed by atoms with Crippen molar-refractivity contribution in [1.29, 1.82) is 0 Å². The molecule has 1 aromatic rings. The zero-order valence-electron chi connectivity index (χ0n) is 10.4. The molecule has 1 rings (SSSR count). The predicted molar refractivity (Wildman–Crippen MR) is 69.7 cm³/mol. The molecule has 0 fully saturated rings. The van der Waals surface area contributed by atoms with Gasteiger partial charge in [-0.05, 0) is 34.7 Å². The van der Waals surface area contributed by atoms with Crippen LogP contribution < -0.4 is 11.3 Å². The van der Waals surface area contributed by atoms with Gasteiger partial charge in [-0.25, -0.2) is 0 Å². The minimum absolute atomic E-state index is 0.122. The van der Waals surface area contributed by atoms with Gasteiger partial charge in [-0.2, -0.15) is 5.10 Å². The highest BCUT2D eigenvalue weighted by atomic mass is 79.9. The Hall–Kier alpha value is -0.390. The van der Waals surface area contributed by atoms with Crippen molar-refractivity contribution in [3.8, 4) is 0 Å². The van der Waals surface area contributed by atoms with Gasteiger partial charge in [-0.15, -0.1) is 0 Å². The Labute approximate surface area is 106 Å². The maximum atomic E-state index is 5.68. The third-order valence-corrected chi connectivity index (χ3v) is 3.80. The van der Waals surface area contributed by atoms with E-state index in [9.17, 15) is 0 Å². The van der Waals surface area contributed by atoms with E-state index in [2.05, 4.69) is 54.1 Å². The minimum atomic E-state index is 0.122. The molecular weight excluding hydrogens is 268 g/mol. The van der Waals surface area contributed by atoms with Crippen LogP contribution in [0.2, 0.25) is 0 Å². The molecule has 0 radical (unpaired) electrons. The molecule has 2 unspecified atom stereocenters. The van der Waals surface area contributed by atoms with Gasteiger partial charge in [0.15, 0.2) is 0 Å². The number of aryl methyl sites for hydroxylation is 1. The van der Waals surface area contributed by atoms with E-state index in [0.29, 0.717) is 11.8 Å². The van der Waals surface area contributed by atoms with Crippen molar-refractivity contribution in [3.05, 3.63) is 16.4 Å². The molecule has 92 valence electrons. The van der Waals surface area contributed by atoms with Gasteiger partial charge in [-0.1, -0.05) is 20.8 Å². The molecule has 0 aliphatic rings. The Bertz CT molecular complexity index is 335. The Morgan fingerprint density at radius 1 is 1.50 bits per heavy atom. The maximum absolute atomic E-state index is 5.68. The molecule has 3 N–H and O–H groups in total. The molecule has 0 bridgehead atoms. The van der Waals surface area contributed by atoms with Crippen LogP contribution in [0.15, 0.2) is 10.7 Å². The van der Waals surface area contributed by atoms with Crippen LogP contribution in [-0.2, 0) is 6.54 Å². The molecule has 0 aliphatic carbocycles. The van der Waals surface area contributed by atoms with Gasteiger partial charge in [-0.3, -0.25) is 16.0 Å². The summed E-state index contributed by atoms with van der Waals surface area (Å²) >= 11 is 3.54. The Morgan fingerprint density at radius 2 is 2.12 bits per heavy atom. The van der Waals surface area contributed by atoms with Gasteiger partial charge in [0.1, 0.15) is 0 Å². The van der Waals surface area contributed by atoms with Gasteiger partial charge in [0, 0.05) is 6.54 Å². The second-order valence-corrected chi connectivity index (χ2v) is 5.30. The molecule has 16 heavy (non-hydrogen) atoms. The lowest BCUT2D eigenvalue weighted by molar-refractivity contribution is 0.291. The van der Waals surface area contributed by atoms with E-state index in [4.69, 9.17) is 5.84 Å². The first kappa shape index (κ1) is 13.7. The quantitative estimate of drug-likeness (QED) is 0.646. The lowest BCUT2D eigenvalue weighted by Gasteiger charge is -2.27. The van der Waals surface area contributed by atoms with Crippen LogP contribution in [0.4, 0.5) is 0 Å². The zero-order chi connectivity index (χ0) is 12.3. The summed E-state index contributed by atoms with van der Waals surface area (Å²) in [5, 5.41) is 4.32. The molecular formula is C11H21BrN4. The predicted octanol–water partition coefficient (Wildman–Crippen LogP) is 2.46. The maximum Gasteiger partial charge on any atom is 0.0711 e. The molecule has 2 atom stereocenters. The van der Waals surface area contributed by atoms with E-state index >= 15 is 0 Å². The number of hydrogen-bond donors (Lipinski definition) is 2. The summed E-state index contributed by atoms with van der Waals surface area (Å²) in [6.45, 7) is 9.54. The summed E-state index contributed by atoms with van der Waals surface area (Å²) in [6.07, 6.45) is 1.83. The van der Waals surface area contributed by atoms with Crippen molar-refractivity contribution in [1.82, 2.24) is 15.2 Å². The number of nitrogens with one attached hydrogen (secondary N) is 1. The molecule has 4 nitrogen and oxygen atoms in total. The Balaban J connectivity index is 3.07. The van der Waals surface area contributed by atoms with Crippen LogP contribution >= 0.6 is 15.9 Å². The third-order valence-electron chi connectivity index (χ3n) is 3.18. The molecule has 0 saturated heterocycles. The molecule has 0 aliphatic heterocycles. The van der Waals surface area contributed by atoms with Crippen molar-refractivity contribution < 1.29 is 0 Å². The fourth-order valence-electron chi connectivity index (χ4n) is 1.80. The second-order valence-electron chi connectivity index (χ2n) is 4.44. The highest BCUT2D eigenvalue weighted by Gasteiger charge is 2.26. The fraction of sp³-hybridized carbons (Fsp3) is 0.727. The molecule has 0 saturated carbocycles. The number of halogens is 1. The van der Waals surface area contributed by atoms with Crippen LogP contribution in [0.25, 0.3) is 0 Å². The van der Waals surface area contributed by atoms with Crippen molar-refractivity contribution in [2.75, 3.05) is 0 Å². The van der Waals surface area contributed by atoms with Crippen molar-refractivity contribution >= 4 is 15.9 Å². The summed E-state index contributed by atoms with van der Waals surface area (Å²) in [5.41, 5.74) is 4.04. The van der Waals surface area contributed by atoms with Crippen LogP contribution in [0, 0.1) is 11.8 Å². The normalized spacial score (nSPS) is 15.4. The lowest BCUT2D eigenvalue weighted by Crippen LogP contribution is -2.36. The third kappa shape index (κ3) is 2.64. The van der Waals surface area contributed by atoms with Crippen LogP contribution in [0.3, 0.4) is 0 Å². The van der Waals surface area contributed by atoms with Crippen molar-refractivity contribution in [2.24, 2.45) is 17.7 Å². The number of nitrogens with zero attached hydrogens (tertiary/aromatic N) is 2. The summed E-state index contributed by atoms with van der Waals surface area (Å²) in [7, 11) is 0. The molecule has 0 spiro atoms. The van der Waals surface area contributed by atoms with Crippen molar-refractivity contribution in [3.63, 3.8) is 0 Å². The zero-order valence-corrected chi connectivity index (χ0v) is 12.0. The number of nitrogens with two attached hydrogens (primary N) is 1. The topological polar surface area (TPSA) is 55.9 Å². The number of rotatable bonds is 5. The highest BCUT2D eigenvalue weighted by molar-refractivity contribution is 9.10. The van der Waals surface area contributed by atoms with Gasteiger partial charge in [0.25, 0.3) is 0 Å². The molecule has 0 amide bonds. The average Bonchev–Trinajstić information content (AvgIpc) is 2.61. The summed E-state index contributed by atoms with van der Waals surface area (Å²) in [5.74, 6) is 6.69. The lowest BCUT2D eigenvalue weighted by atomic mass is 9.89. The molecule has 1 aromatic heterocycles. The van der Waals surface area contributed by atoms with E-state index < -0.39 is 0 Å². The van der Waals surface area contributed by atoms with E-state index in [1.54, 1.807) is 0 Å². The van der Waals surface area contributed by atoms with Crippen LogP contribution in [0.1, 0.15) is 39.4 Å². The number of aromatic nitrogens is 2. The minimum Gasteiger partial charge on any atom is -0.271 e. The van der Waals surface area contributed by atoms with Gasteiger partial charge >= 0.3 is 0 Å². The highest BCUT2D eigenvalue weighted by Crippen LogP contribution is 2.31. The first-order chi connectivity index (χ1) is 7.52. The summed E-state index contributed by atoms with van der Waals surface area (Å²) in [4.78, 5) is 0. The van der Waals surface area contributed by atoms with Crippen LogP contribution in [0.5, 0.6) is 0 Å². The summed E-state index contributed by atoms with van der Waals surface area (Å²) < 4.78 is 3.00. The largest absolute Gasteiger partial charge is 0.271 e. The standard InChI is InChI=1S/C11H21BrN4/c1-5-16-11(9(12)6-14-16)10(15-13)8(4)7(2)3/h6-8,10,15H,5,13H2,1-4H3. The number of hydrogen-bond acceptors (Lipinski definition) is 3. The van der Waals surface area contributed by atoms with Crippen molar-refractivity contribution in [2.45, 2.75) is 40.3 Å². The van der Waals surface area contributed by atoms with Gasteiger partial charge in [0.2, 0.25) is 0 Å². The Kier molecular flexibility index (Phi) is 4.95. The molecule has 1 heterocycles. The summed E-state index contributed by atoms with van der Waals surface area (Å²) in [6, 6.07) is 0.122. The second kappa shape index (κ2) is 5.80. The monoisotopic (exact) mass is 288 g/mol. The van der Waals surface area contributed by atoms with E-state index in [-0.39, 0.29) is 6.04 Å². The van der Waals surface area contributed by atoms with Gasteiger partial charge < -0.3 is 0 Å². The van der Waals surface area contributed by atoms with E-state index in [0.717, 1.165) is 16.7 Å². The average molecular weight is 289 g/mol. The smallest absolute Gasteiger partial charge is 0.0711 e. The van der Waals surface area contributed by atoms with E-state index in [1.807, 2.05) is 10.9 Å². The first-order valence-electron chi connectivity index (χ1n) is 5.70. The Morgan fingerprint density at radius 3 is 2.56 bits per heavy atom. The molecule has 0 aromatic carbocycles. The molecule has 5 heteroatoms. The van der Waals surface area contributed by atoms with E-state index in [1.165, 1.54) is 0 Å². The first-order valence-corrected chi connectivity index (χ1v) is 6.49.